The molecule has 0 saturated carbocycles. The Morgan fingerprint density at radius 1 is 0.500 bits per heavy atom. The standard InChI is InChI=1S/C12H15N.C10H14.C9H19N.2C5H11N.2C4H10.CH4/c1-12(2,3)10-8-13-11-7-5-4-6-9(10)11;1-10(2,3)9-7-5-4-6-8-9;1-9(2,3)10-7-5-4-6-8-10;2*1-2-4-6-5-3-1;2*1-4(2)3;/h4-8,13H,1-3H3;4-8H,1-3H3;4-8H2,1-3H3;2*6H,1-5H2;2*4H,1-3H3;1H4. The third kappa shape index (κ3) is 29.2. The first-order valence-electron chi connectivity index (χ1n) is 21.5. The van der Waals surface area contributed by atoms with E-state index >= 15 is 0 Å². The van der Waals surface area contributed by atoms with Crippen molar-refractivity contribution in [2.75, 3.05) is 39.3 Å². The summed E-state index contributed by atoms with van der Waals surface area (Å²) in [4.78, 5) is 5.87. The van der Waals surface area contributed by atoms with Gasteiger partial charge in [-0.3, -0.25) is 4.90 Å². The molecule has 6 rings (SSSR count). The van der Waals surface area contributed by atoms with Crippen molar-refractivity contribution in [3.63, 3.8) is 0 Å². The summed E-state index contributed by atoms with van der Waals surface area (Å²) < 4.78 is 0. The van der Waals surface area contributed by atoms with Crippen LogP contribution >= 0.6 is 0 Å². The van der Waals surface area contributed by atoms with Crippen LogP contribution in [-0.2, 0) is 10.8 Å². The predicted molar refractivity (Wildman–Crippen MR) is 249 cm³/mol. The first-order valence-corrected chi connectivity index (χ1v) is 21.5. The SMILES string of the molecule is C.C1CCNCC1.C1CCNCC1.CC(C)(C)N1CCCCC1.CC(C)(C)c1c[nH]c2ccccc12.CC(C)(C)c1ccccc1.CC(C)C.CC(C)C. The molecule has 2 aromatic carbocycles. The number of para-hydroxylation sites is 1. The fourth-order valence-electron chi connectivity index (χ4n) is 5.80. The van der Waals surface area contributed by atoms with E-state index in [1.807, 2.05) is 0 Å². The van der Waals surface area contributed by atoms with Gasteiger partial charge in [0, 0.05) is 22.6 Å². The molecule has 4 heterocycles. The van der Waals surface area contributed by atoms with Gasteiger partial charge in [0.25, 0.3) is 0 Å². The number of likely N-dealkylation sites (tertiary alicyclic amines) is 1. The van der Waals surface area contributed by atoms with Crippen molar-refractivity contribution in [1.29, 1.82) is 0 Å². The van der Waals surface area contributed by atoms with Gasteiger partial charge in [-0.1, -0.05) is 158 Å². The molecule has 314 valence electrons. The summed E-state index contributed by atoms with van der Waals surface area (Å²) in [5.74, 6) is 1.67. The highest BCUT2D eigenvalue weighted by Crippen LogP contribution is 2.29. The number of fused-ring (bicyclic) bond motifs is 1. The Morgan fingerprint density at radius 3 is 1.19 bits per heavy atom. The van der Waals surface area contributed by atoms with Gasteiger partial charge in [-0.25, -0.2) is 0 Å². The normalized spacial score (nSPS) is 16.0. The summed E-state index contributed by atoms with van der Waals surface area (Å²) in [5.41, 5.74) is 4.94. The molecule has 0 bridgehead atoms. The van der Waals surface area contributed by atoms with Crippen molar-refractivity contribution in [3.05, 3.63) is 71.9 Å². The van der Waals surface area contributed by atoms with Crippen LogP contribution in [0.5, 0.6) is 0 Å². The third-order valence-electron chi connectivity index (χ3n) is 8.76. The Kier molecular flexibility index (Phi) is 30.0. The molecule has 1 aromatic heterocycles. The number of rotatable bonds is 0. The number of aromatic nitrogens is 1. The van der Waals surface area contributed by atoms with Gasteiger partial charge in [0.2, 0.25) is 0 Å². The highest BCUT2D eigenvalue weighted by Gasteiger charge is 2.22. The number of aromatic amines is 1. The molecule has 54 heavy (non-hydrogen) atoms. The van der Waals surface area contributed by atoms with Crippen molar-refractivity contribution < 1.29 is 0 Å². The monoisotopic (exact) mass is 751 g/mol. The Morgan fingerprint density at radius 2 is 0.889 bits per heavy atom. The molecule has 0 amide bonds. The zero-order valence-electron chi connectivity index (χ0n) is 38.0. The van der Waals surface area contributed by atoms with Crippen LogP contribution in [0.25, 0.3) is 10.9 Å². The van der Waals surface area contributed by atoms with Crippen molar-refractivity contribution in [1.82, 2.24) is 20.5 Å². The van der Waals surface area contributed by atoms with Crippen LogP contribution in [0.1, 0.15) is 180 Å². The summed E-state index contributed by atoms with van der Waals surface area (Å²) in [6.45, 7) is 40.9. The van der Waals surface area contributed by atoms with Gasteiger partial charge in [-0.05, 0) is 138 Å². The first kappa shape index (κ1) is 54.0. The number of benzene rings is 2. The highest BCUT2D eigenvalue weighted by molar-refractivity contribution is 5.84. The van der Waals surface area contributed by atoms with Gasteiger partial charge in [-0.15, -0.1) is 0 Å². The minimum absolute atomic E-state index is 0. The molecule has 3 saturated heterocycles. The van der Waals surface area contributed by atoms with Crippen LogP contribution in [0.15, 0.2) is 60.8 Å². The molecule has 3 N–H and O–H groups in total. The molecule has 4 heteroatoms. The van der Waals surface area contributed by atoms with Crippen molar-refractivity contribution in [2.24, 2.45) is 11.8 Å². The predicted octanol–water partition coefficient (Wildman–Crippen LogP) is 14.2. The maximum atomic E-state index is 3.29. The molecule has 0 spiro atoms. The van der Waals surface area contributed by atoms with E-state index in [1.165, 1.54) is 119 Å². The van der Waals surface area contributed by atoms with Gasteiger partial charge >= 0.3 is 0 Å². The smallest absolute Gasteiger partial charge is 0.0456 e. The van der Waals surface area contributed by atoms with Gasteiger partial charge in [-0.2, -0.15) is 0 Å². The van der Waals surface area contributed by atoms with E-state index < -0.39 is 0 Å². The zero-order chi connectivity index (χ0) is 40.3. The lowest BCUT2D eigenvalue weighted by Gasteiger charge is -2.38. The second-order valence-corrected chi connectivity index (χ2v) is 19.4. The lowest BCUT2D eigenvalue weighted by Crippen LogP contribution is -2.44. The molecule has 0 unspecified atom stereocenters. The van der Waals surface area contributed by atoms with E-state index in [0.29, 0.717) is 11.0 Å². The lowest BCUT2D eigenvalue weighted by atomic mass is 9.87. The summed E-state index contributed by atoms with van der Waals surface area (Å²) in [6, 6.07) is 19.0. The van der Waals surface area contributed by atoms with Crippen molar-refractivity contribution >= 4 is 10.9 Å². The molecule has 0 radical (unpaired) electrons. The second-order valence-electron chi connectivity index (χ2n) is 19.4. The molecular weight excluding hydrogens is 657 g/mol. The molecule has 0 aliphatic carbocycles. The van der Waals surface area contributed by atoms with Crippen LogP contribution in [0, 0.1) is 11.8 Å². The average molecular weight is 751 g/mol. The lowest BCUT2D eigenvalue weighted by molar-refractivity contribution is 0.111. The van der Waals surface area contributed by atoms with Crippen LogP contribution in [0.2, 0.25) is 0 Å². The minimum atomic E-state index is 0. The van der Waals surface area contributed by atoms with Crippen LogP contribution < -0.4 is 10.6 Å². The van der Waals surface area contributed by atoms with Gasteiger partial charge in [0.15, 0.2) is 0 Å². The van der Waals surface area contributed by atoms with E-state index in [2.05, 4.69) is 185 Å². The van der Waals surface area contributed by atoms with Crippen molar-refractivity contribution in [3.8, 4) is 0 Å². The average Bonchev–Trinajstić information content (AvgIpc) is 3.56. The van der Waals surface area contributed by atoms with E-state index in [4.69, 9.17) is 0 Å². The topological polar surface area (TPSA) is 43.1 Å². The van der Waals surface area contributed by atoms with Crippen LogP contribution in [0.4, 0.5) is 0 Å². The molecule has 3 aliphatic rings. The van der Waals surface area contributed by atoms with Gasteiger partial charge in [0.05, 0.1) is 0 Å². The Balaban J connectivity index is 0. The summed E-state index contributed by atoms with van der Waals surface area (Å²) in [5, 5.41) is 7.91. The number of piperidine rings is 3. The first-order chi connectivity index (χ1) is 24.8. The van der Waals surface area contributed by atoms with E-state index in [9.17, 15) is 0 Å². The number of nitrogens with zero attached hydrogens (tertiary/aromatic N) is 1. The van der Waals surface area contributed by atoms with Crippen molar-refractivity contribution in [2.45, 2.75) is 185 Å². The van der Waals surface area contributed by atoms with Crippen LogP contribution in [0.3, 0.4) is 0 Å². The number of hydrogen-bond acceptors (Lipinski definition) is 3. The van der Waals surface area contributed by atoms with Crippen LogP contribution in [-0.4, -0.2) is 54.7 Å². The molecule has 3 aromatic rings. The van der Waals surface area contributed by atoms with E-state index in [-0.39, 0.29) is 12.8 Å². The Labute approximate surface area is 338 Å². The summed E-state index contributed by atoms with van der Waals surface area (Å²) in [6.07, 6.45) is 14.8. The fraction of sp³-hybridized carbons (Fsp3) is 0.720. The third-order valence-corrected chi connectivity index (χ3v) is 8.76. The van der Waals surface area contributed by atoms with E-state index in [1.54, 1.807) is 0 Å². The zero-order valence-corrected chi connectivity index (χ0v) is 38.0. The van der Waals surface area contributed by atoms with Gasteiger partial charge in [0.1, 0.15) is 0 Å². The largest absolute Gasteiger partial charge is 0.361 e. The molecule has 0 atom stereocenters. The maximum absolute atomic E-state index is 3.29. The molecule has 3 fully saturated rings. The molecule has 3 aliphatic heterocycles. The highest BCUT2D eigenvalue weighted by atomic mass is 15.2. The number of H-pyrrole nitrogens is 1. The Bertz CT molecular complexity index is 1180. The second kappa shape index (κ2) is 30.1. The molecule has 4 nitrogen and oxygen atoms in total. The number of nitrogens with one attached hydrogen (secondary N) is 3. The fourth-order valence-corrected chi connectivity index (χ4v) is 5.80. The molecular formula is C50H94N4. The Hall–Kier alpha value is -2.14. The minimum Gasteiger partial charge on any atom is -0.361 e. The maximum Gasteiger partial charge on any atom is 0.0456 e. The summed E-state index contributed by atoms with van der Waals surface area (Å²) >= 11 is 0. The summed E-state index contributed by atoms with van der Waals surface area (Å²) in [7, 11) is 0. The van der Waals surface area contributed by atoms with Gasteiger partial charge < -0.3 is 15.6 Å². The van der Waals surface area contributed by atoms with E-state index in [0.717, 1.165) is 11.8 Å². The quantitative estimate of drug-likeness (QED) is 0.214. The number of hydrogen-bond donors (Lipinski definition) is 3.